The van der Waals surface area contributed by atoms with Crippen molar-refractivity contribution >= 4 is 23.3 Å². The number of anilines is 1. The van der Waals surface area contributed by atoms with Gasteiger partial charge in [0.2, 0.25) is 0 Å². The van der Waals surface area contributed by atoms with Crippen LogP contribution in [0.5, 0.6) is 0 Å². The van der Waals surface area contributed by atoms with E-state index in [0.717, 1.165) is 44.2 Å². The molecular formula is C16H24ClN3O. The van der Waals surface area contributed by atoms with Crippen LogP contribution in [-0.4, -0.2) is 43.7 Å². The van der Waals surface area contributed by atoms with Gasteiger partial charge >= 0.3 is 6.03 Å². The largest absolute Gasteiger partial charge is 0.368 e. The van der Waals surface area contributed by atoms with E-state index in [0.29, 0.717) is 5.92 Å². The van der Waals surface area contributed by atoms with Gasteiger partial charge in [0.1, 0.15) is 0 Å². The van der Waals surface area contributed by atoms with Gasteiger partial charge in [-0.05, 0) is 36.6 Å². The van der Waals surface area contributed by atoms with Crippen LogP contribution in [0.1, 0.15) is 20.3 Å². The van der Waals surface area contributed by atoms with E-state index >= 15 is 0 Å². The van der Waals surface area contributed by atoms with Gasteiger partial charge in [-0.25, -0.2) is 4.79 Å². The highest BCUT2D eigenvalue weighted by Gasteiger charge is 2.20. The molecule has 2 amide bonds. The number of nitrogens with one attached hydrogen (secondary N) is 1. The Balaban J connectivity index is 1.77. The van der Waals surface area contributed by atoms with Crippen molar-refractivity contribution < 1.29 is 4.79 Å². The fourth-order valence-corrected chi connectivity index (χ4v) is 2.53. The maximum absolute atomic E-state index is 12.0. The van der Waals surface area contributed by atoms with Crippen LogP contribution >= 0.6 is 11.6 Å². The molecule has 21 heavy (non-hydrogen) atoms. The highest BCUT2D eigenvalue weighted by molar-refractivity contribution is 6.30. The second-order valence-corrected chi connectivity index (χ2v) is 6.30. The molecule has 1 aliphatic heterocycles. The summed E-state index contributed by atoms with van der Waals surface area (Å²) in [6.07, 6.45) is 1.02. The summed E-state index contributed by atoms with van der Waals surface area (Å²) in [4.78, 5) is 16.2. The Kier molecular flexibility index (Phi) is 5.74. The summed E-state index contributed by atoms with van der Waals surface area (Å²) in [6.45, 7) is 8.33. The Bertz CT molecular complexity index is 453. The van der Waals surface area contributed by atoms with E-state index < -0.39 is 0 Å². The lowest BCUT2D eigenvalue weighted by Crippen LogP contribution is -2.52. The predicted octanol–water partition coefficient (Wildman–Crippen LogP) is 3.22. The number of hydrogen-bond donors (Lipinski definition) is 1. The zero-order valence-electron chi connectivity index (χ0n) is 12.8. The maximum atomic E-state index is 12.0. The Morgan fingerprint density at radius 1 is 1.19 bits per heavy atom. The summed E-state index contributed by atoms with van der Waals surface area (Å²) in [5, 5.41) is 3.75. The van der Waals surface area contributed by atoms with Crippen molar-refractivity contribution in [1.82, 2.24) is 10.2 Å². The van der Waals surface area contributed by atoms with E-state index in [4.69, 9.17) is 11.6 Å². The third-order valence-corrected chi connectivity index (χ3v) is 4.01. The van der Waals surface area contributed by atoms with E-state index in [1.54, 1.807) is 0 Å². The van der Waals surface area contributed by atoms with Gasteiger partial charge in [-0.1, -0.05) is 25.4 Å². The predicted molar refractivity (Wildman–Crippen MR) is 88.1 cm³/mol. The van der Waals surface area contributed by atoms with Crippen LogP contribution in [-0.2, 0) is 0 Å². The molecule has 2 rings (SSSR count). The third-order valence-electron chi connectivity index (χ3n) is 3.76. The molecule has 0 atom stereocenters. The van der Waals surface area contributed by atoms with E-state index in [2.05, 4.69) is 24.1 Å². The third kappa shape index (κ3) is 4.81. The second-order valence-electron chi connectivity index (χ2n) is 5.86. The highest BCUT2D eigenvalue weighted by Crippen LogP contribution is 2.19. The topological polar surface area (TPSA) is 35.6 Å². The molecule has 1 aromatic rings. The maximum Gasteiger partial charge on any atom is 0.317 e. The lowest BCUT2D eigenvalue weighted by atomic mass is 10.1. The number of nitrogens with zero attached hydrogens (tertiary/aromatic N) is 2. The van der Waals surface area contributed by atoms with Crippen LogP contribution in [0.25, 0.3) is 0 Å². The fraction of sp³-hybridized carbons (Fsp3) is 0.562. The van der Waals surface area contributed by atoms with Gasteiger partial charge in [0.15, 0.2) is 0 Å². The normalized spacial score (nSPS) is 15.4. The minimum absolute atomic E-state index is 0.0615. The van der Waals surface area contributed by atoms with Gasteiger partial charge in [-0.15, -0.1) is 0 Å². The second kappa shape index (κ2) is 7.55. The first kappa shape index (κ1) is 16.0. The summed E-state index contributed by atoms with van der Waals surface area (Å²) < 4.78 is 0. The van der Waals surface area contributed by atoms with Crippen molar-refractivity contribution in [1.29, 1.82) is 0 Å². The standard InChI is InChI=1S/C16H24ClN3O/c1-13(2)7-8-18-16(21)20-11-9-19(10-12-20)15-5-3-14(17)4-6-15/h3-6,13H,7-12H2,1-2H3,(H,18,21). The number of amides is 2. The Hall–Kier alpha value is -1.42. The molecule has 0 radical (unpaired) electrons. The summed E-state index contributed by atoms with van der Waals surface area (Å²) in [5.74, 6) is 0.618. The fourth-order valence-electron chi connectivity index (χ4n) is 2.40. The Labute approximate surface area is 132 Å². The van der Waals surface area contributed by atoms with Crippen molar-refractivity contribution in [2.24, 2.45) is 5.92 Å². The molecule has 0 bridgehead atoms. The molecule has 1 N–H and O–H groups in total. The van der Waals surface area contributed by atoms with Gasteiger partial charge < -0.3 is 15.1 Å². The van der Waals surface area contributed by atoms with Crippen LogP contribution < -0.4 is 10.2 Å². The van der Waals surface area contributed by atoms with Crippen molar-refractivity contribution in [3.63, 3.8) is 0 Å². The number of benzene rings is 1. The Morgan fingerprint density at radius 2 is 1.81 bits per heavy atom. The van der Waals surface area contributed by atoms with Crippen LogP contribution in [0.4, 0.5) is 10.5 Å². The molecule has 0 saturated carbocycles. The number of urea groups is 1. The highest BCUT2D eigenvalue weighted by atomic mass is 35.5. The molecule has 5 heteroatoms. The van der Waals surface area contributed by atoms with Gasteiger partial charge in [-0.3, -0.25) is 0 Å². The lowest BCUT2D eigenvalue weighted by Gasteiger charge is -2.36. The molecule has 0 spiro atoms. The summed E-state index contributed by atoms with van der Waals surface area (Å²) in [6, 6.07) is 7.93. The number of carbonyl (C=O) groups excluding carboxylic acids is 1. The quantitative estimate of drug-likeness (QED) is 0.927. The molecular weight excluding hydrogens is 286 g/mol. The molecule has 4 nitrogen and oxygen atoms in total. The zero-order chi connectivity index (χ0) is 15.2. The molecule has 1 saturated heterocycles. The van der Waals surface area contributed by atoms with Gasteiger partial charge in [-0.2, -0.15) is 0 Å². The molecule has 1 aromatic carbocycles. The zero-order valence-corrected chi connectivity index (χ0v) is 13.6. The van der Waals surface area contributed by atoms with E-state index in [9.17, 15) is 4.79 Å². The molecule has 1 fully saturated rings. The molecule has 0 aliphatic carbocycles. The lowest BCUT2D eigenvalue weighted by molar-refractivity contribution is 0.194. The first-order valence-corrected chi connectivity index (χ1v) is 7.97. The summed E-state index contributed by atoms with van der Waals surface area (Å²) >= 11 is 5.91. The molecule has 1 heterocycles. The van der Waals surface area contributed by atoms with Gasteiger partial charge in [0.25, 0.3) is 0 Å². The SMILES string of the molecule is CC(C)CCNC(=O)N1CCN(c2ccc(Cl)cc2)CC1. The minimum Gasteiger partial charge on any atom is -0.368 e. The van der Waals surface area contributed by atoms with Crippen LogP contribution in [0, 0.1) is 5.92 Å². The Morgan fingerprint density at radius 3 is 2.38 bits per heavy atom. The van der Waals surface area contributed by atoms with Crippen LogP contribution in [0.3, 0.4) is 0 Å². The first-order chi connectivity index (χ1) is 10.1. The number of rotatable bonds is 4. The minimum atomic E-state index is 0.0615. The number of piperazine rings is 1. The van der Waals surface area contributed by atoms with Crippen LogP contribution in [0.2, 0.25) is 5.02 Å². The first-order valence-electron chi connectivity index (χ1n) is 7.59. The summed E-state index contributed by atoms with van der Waals surface area (Å²) in [7, 11) is 0. The number of halogens is 1. The van der Waals surface area contributed by atoms with E-state index in [1.165, 1.54) is 5.69 Å². The molecule has 116 valence electrons. The van der Waals surface area contributed by atoms with Crippen molar-refractivity contribution in [3.05, 3.63) is 29.3 Å². The van der Waals surface area contributed by atoms with E-state index in [1.807, 2.05) is 29.2 Å². The molecule has 0 aromatic heterocycles. The van der Waals surface area contributed by atoms with Crippen molar-refractivity contribution in [2.75, 3.05) is 37.6 Å². The molecule has 1 aliphatic rings. The average molecular weight is 310 g/mol. The monoisotopic (exact) mass is 309 g/mol. The number of carbonyl (C=O) groups is 1. The van der Waals surface area contributed by atoms with Crippen LogP contribution in [0.15, 0.2) is 24.3 Å². The smallest absolute Gasteiger partial charge is 0.317 e. The van der Waals surface area contributed by atoms with Gasteiger partial charge in [0.05, 0.1) is 0 Å². The van der Waals surface area contributed by atoms with Crippen molar-refractivity contribution in [2.45, 2.75) is 20.3 Å². The van der Waals surface area contributed by atoms with E-state index in [-0.39, 0.29) is 6.03 Å². The van der Waals surface area contributed by atoms with Gasteiger partial charge in [0, 0.05) is 43.4 Å². The average Bonchev–Trinajstić information content (AvgIpc) is 2.48. The molecule has 0 unspecified atom stereocenters. The number of hydrogen-bond acceptors (Lipinski definition) is 2. The van der Waals surface area contributed by atoms with Crippen molar-refractivity contribution in [3.8, 4) is 0 Å². The summed E-state index contributed by atoms with van der Waals surface area (Å²) in [5.41, 5.74) is 1.17.